The average molecular weight is 474 g/mol. The number of allylic oxidation sites excluding steroid dienone is 2. The summed E-state index contributed by atoms with van der Waals surface area (Å²) in [6.07, 6.45) is 5.72. The van der Waals surface area contributed by atoms with E-state index in [0.717, 1.165) is 12.0 Å². The highest BCUT2D eigenvalue weighted by atomic mass is 35.5. The summed E-state index contributed by atoms with van der Waals surface area (Å²) in [4.78, 5) is 54.2. The summed E-state index contributed by atoms with van der Waals surface area (Å²) < 4.78 is 0. The Morgan fingerprint density at radius 2 is 1.73 bits per heavy atom. The number of imide groups is 1. The second kappa shape index (κ2) is 11.0. The Bertz CT molecular complexity index is 921. The largest absolute Gasteiger partial charge is 0.352 e. The fraction of sp³-hybridized carbons (Fsp3) is 0.520. The van der Waals surface area contributed by atoms with E-state index in [1.165, 1.54) is 9.80 Å². The van der Waals surface area contributed by atoms with Crippen molar-refractivity contribution in [1.29, 1.82) is 0 Å². The summed E-state index contributed by atoms with van der Waals surface area (Å²) in [5.41, 5.74) is 0.723. The lowest BCUT2D eigenvalue weighted by Gasteiger charge is -2.30. The smallest absolute Gasteiger partial charge is 0.242 e. The van der Waals surface area contributed by atoms with Gasteiger partial charge in [-0.25, -0.2) is 0 Å². The number of rotatable bonds is 9. The molecular weight excluding hydrogens is 442 g/mol. The van der Waals surface area contributed by atoms with E-state index in [-0.39, 0.29) is 61.0 Å². The van der Waals surface area contributed by atoms with E-state index in [4.69, 9.17) is 11.6 Å². The van der Waals surface area contributed by atoms with E-state index in [1.807, 2.05) is 38.1 Å². The van der Waals surface area contributed by atoms with Crippen LogP contribution in [0.3, 0.4) is 0 Å². The zero-order chi connectivity index (χ0) is 24.1. The third-order valence-corrected chi connectivity index (χ3v) is 6.98. The summed E-state index contributed by atoms with van der Waals surface area (Å²) in [7, 11) is 0. The Morgan fingerprint density at radius 1 is 1.12 bits per heavy atom. The number of hydrogen-bond acceptors (Lipinski definition) is 4. The minimum Gasteiger partial charge on any atom is -0.352 e. The summed E-state index contributed by atoms with van der Waals surface area (Å²) in [6.45, 7) is 5.73. The molecule has 178 valence electrons. The number of likely N-dealkylation sites (tertiary alicyclic amines) is 1. The molecule has 7 nitrogen and oxygen atoms in total. The monoisotopic (exact) mass is 473 g/mol. The van der Waals surface area contributed by atoms with Gasteiger partial charge in [-0.15, -0.1) is 0 Å². The van der Waals surface area contributed by atoms with Crippen LogP contribution in [-0.2, 0) is 25.7 Å². The predicted octanol–water partition coefficient (Wildman–Crippen LogP) is 3.31. The number of carbonyl (C=O) groups is 4. The van der Waals surface area contributed by atoms with Gasteiger partial charge in [0.2, 0.25) is 23.6 Å². The van der Waals surface area contributed by atoms with E-state index in [9.17, 15) is 19.2 Å². The van der Waals surface area contributed by atoms with Crippen LogP contribution in [0, 0.1) is 11.8 Å². The fourth-order valence-corrected chi connectivity index (χ4v) is 4.49. The number of halogens is 1. The third-order valence-electron chi connectivity index (χ3n) is 6.61. The number of hydrogen-bond donors (Lipinski definition) is 1. The lowest BCUT2D eigenvalue weighted by molar-refractivity contribution is -0.143. The van der Waals surface area contributed by atoms with Crippen molar-refractivity contribution in [3.8, 4) is 0 Å². The SMILES string of the molecule is CC[C@H](C)NC(=O)[C@@H](C)N(Cc1ccccc1Cl)C(=O)CCN1C(=O)[C@H]2CC=CC[C@H]2C1=O. The number of nitrogens with one attached hydrogen (secondary N) is 1. The number of carbonyl (C=O) groups excluding carboxylic acids is 4. The maximum absolute atomic E-state index is 13.3. The lowest BCUT2D eigenvalue weighted by atomic mass is 9.85. The second-order valence-corrected chi connectivity index (χ2v) is 9.25. The molecule has 3 rings (SSSR count). The van der Waals surface area contributed by atoms with E-state index in [2.05, 4.69) is 5.32 Å². The van der Waals surface area contributed by atoms with E-state index >= 15 is 0 Å². The van der Waals surface area contributed by atoms with E-state index in [0.29, 0.717) is 17.9 Å². The highest BCUT2D eigenvalue weighted by Gasteiger charge is 2.47. The molecule has 1 aliphatic carbocycles. The Balaban J connectivity index is 1.73. The molecule has 0 radical (unpaired) electrons. The van der Waals surface area contributed by atoms with Gasteiger partial charge in [0.15, 0.2) is 0 Å². The molecule has 1 heterocycles. The maximum atomic E-state index is 13.3. The van der Waals surface area contributed by atoms with Gasteiger partial charge < -0.3 is 10.2 Å². The zero-order valence-electron chi connectivity index (χ0n) is 19.4. The van der Waals surface area contributed by atoms with Crippen LogP contribution >= 0.6 is 11.6 Å². The van der Waals surface area contributed by atoms with Gasteiger partial charge in [0, 0.05) is 30.6 Å². The highest BCUT2D eigenvalue weighted by Crippen LogP contribution is 2.35. The van der Waals surface area contributed by atoms with Crippen LogP contribution in [0.5, 0.6) is 0 Å². The molecule has 4 atom stereocenters. The minimum absolute atomic E-state index is 0.0161. The van der Waals surface area contributed by atoms with Crippen LogP contribution in [0.2, 0.25) is 5.02 Å². The van der Waals surface area contributed by atoms with Gasteiger partial charge in [-0.1, -0.05) is 48.9 Å². The van der Waals surface area contributed by atoms with Crippen LogP contribution in [0.15, 0.2) is 36.4 Å². The Labute approximate surface area is 200 Å². The van der Waals surface area contributed by atoms with Crippen LogP contribution in [0.1, 0.15) is 52.0 Å². The quantitative estimate of drug-likeness (QED) is 0.440. The Kier molecular flexibility index (Phi) is 8.30. The number of benzene rings is 1. The molecule has 1 aromatic carbocycles. The Morgan fingerprint density at radius 3 is 2.30 bits per heavy atom. The standard InChI is InChI=1S/C25H32ClN3O4/c1-4-16(2)27-23(31)17(3)29(15-18-9-5-8-12-21(18)26)22(30)13-14-28-24(32)19-10-6-7-11-20(19)25(28)33/h5-9,12,16-17,19-20H,4,10-11,13-15H2,1-3H3,(H,27,31)/t16-,17+,19-,20+/m0/s1. The zero-order valence-corrected chi connectivity index (χ0v) is 20.2. The molecule has 1 saturated heterocycles. The molecule has 8 heteroatoms. The van der Waals surface area contributed by atoms with Crippen molar-refractivity contribution >= 4 is 35.2 Å². The summed E-state index contributed by atoms with van der Waals surface area (Å²) in [5.74, 6) is -1.62. The van der Waals surface area contributed by atoms with Gasteiger partial charge in [-0.2, -0.15) is 0 Å². The van der Waals surface area contributed by atoms with Crippen LogP contribution in [-0.4, -0.2) is 52.1 Å². The van der Waals surface area contributed by atoms with Crippen LogP contribution < -0.4 is 5.32 Å². The molecule has 4 amide bonds. The van der Waals surface area contributed by atoms with Gasteiger partial charge in [-0.05, 0) is 44.7 Å². The van der Waals surface area contributed by atoms with Crippen molar-refractivity contribution in [2.24, 2.45) is 11.8 Å². The summed E-state index contributed by atoms with van der Waals surface area (Å²) in [5, 5.41) is 3.42. The average Bonchev–Trinajstić information content (AvgIpc) is 3.06. The summed E-state index contributed by atoms with van der Waals surface area (Å²) >= 11 is 6.31. The third kappa shape index (κ3) is 5.64. The minimum atomic E-state index is -0.737. The van der Waals surface area contributed by atoms with Gasteiger partial charge in [-0.3, -0.25) is 24.1 Å². The molecule has 1 aliphatic heterocycles. The molecule has 0 spiro atoms. The molecular formula is C25H32ClN3O4. The van der Waals surface area contributed by atoms with Crippen molar-refractivity contribution in [1.82, 2.24) is 15.1 Å². The van der Waals surface area contributed by atoms with Crippen LogP contribution in [0.25, 0.3) is 0 Å². The van der Waals surface area contributed by atoms with Crippen molar-refractivity contribution in [3.63, 3.8) is 0 Å². The van der Waals surface area contributed by atoms with Gasteiger partial charge in [0.25, 0.3) is 0 Å². The topological polar surface area (TPSA) is 86.8 Å². The van der Waals surface area contributed by atoms with Crippen molar-refractivity contribution in [3.05, 3.63) is 47.0 Å². The second-order valence-electron chi connectivity index (χ2n) is 8.84. The molecule has 1 fully saturated rings. The molecule has 0 unspecified atom stereocenters. The molecule has 0 bridgehead atoms. The first-order valence-corrected chi connectivity index (χ1v) is 12.0. The molecule has 33 heavy (non-hydrogen) atoms. The molecule has 1 aromatic rings. The van der Waals surface area contributed by atoms with Crippen molar-refractivity contribution in [2.45, 2.75) is 65.1 Å². The summed E-state index contributed by atoms with van der Waals surface area (Å²) in [6, 6.07) is 6.42. The Hall–Kier alpha value is -2.67. The van der Waals surface area contributed by atoms with Crippen molar-refractivity contribution in [2.75, 3.05) is 6.54 Å². The molecule has 1 N–H and O–H groups in total. The van der Waals surface area contributed by atoms with Gasteiger partial charge >= 0.3 is 0 Å². The first-order valence-electron chi connectivity index (χ1n) is 11.6. The van der Waals surface area contributed by atoms with E-state index < -0.39 is 6.04 Å². The normalized spacial score (nSPS) is 21.5. The van der Waals surface area contributed by atoms with E-state index in [1.54, 1.807) is 19.1 Å². The van der Waals surface area contributed by atoms with Crippen molar-refractivity contribution < 1.29 is 19.2 Å². The predicted molar refractivity (Wildman–Crippen MR) is 126 cm³/mol. The molecule has 0 aromatic heterocycles. The lowest BCUT2D eigenvalue weighted by Crippen LogP contribution is -2.50. The molecule has 0 saturated carbocycles. The molecule has 2 aliphatic rings. The van der Waals surface area contributed by atoms with Crippen LogP contribution in [0.4, 0.5) is 0 Å². The number of amides is 4. The number of nitrogens with zero attached hydrogens (tertiary/aromatic N) is 2. The van der Waals surface area contributed by atoms with Gasteiger partial charge in [0.1, 0.15) is 6.04 Å². The highest BCUT2D eigenvalue weighted by molar-refractivity contribution is 6.31. The first kappa shape index (κ1) is 25.0. The maximum Gasteiger partial charge on any atom is 0.242 e. The van der Waals surface area contributed by atoms with Gasteiger partial charge in [0.05, 0.1) is 11.8 Å². The number of fused-ring (bicyclic) bond motifs is 1. The first-order chi connectivity index (χ1) is 15.7. The fourth-order valence-electron chi connectivity index (χ4n) is 4.30.